The third-order valence-corrected chi connectivity index (χ3v) is 3.13. The number of rotatable bonds is 3. The van der Waals surface area contributed by atoms with Gasteiger partial charge in [0.15, 0.2) is 0 Å². The van der Waals surface area contributed by atoms with Crippen LogP contribution in [-0.2, 0) is 12.8 Å². The number of benzene rings is 1. The summed E-state index contributed by atoms with van der Waals surface area (Å²) in [5, 5.41) is 13.2. The molecule has 2 nitrogen and oxygen atoms in total. The van der Waals surface area contributed by atoms with Gasteiger partial charge in [-0.05, 0) is 43.0 Å². The first-order chi connectivity index (χ1) is 7.19. The van der Waals surface area contributed by atoms with E-state index < -0.39 is 0 Å². The molecule has 0 aliphatic heterocycles. The summed E-state index contributed by atoms with van der Waals surface area (Å²) in [4.78, 5) is 0. The van der Waals surface area contributed by atoms with Crippen LogP contribution in [0.2, 0.25) is 5.02 Å². The summed E-state index contributed by atoms with van der Waals surface area (Å²) in [5.41, 5.74) is 2.71. The van der Waals surface area contributed by atoms with Gasteiger partial charge in [-0.25, -0.2) is 0 Å². The lowest BCUT2D eigenvalue weighted by Crippen LogP contribution is -2.39. The van der Waals surface area contributed by atoms with Crippen LogP contribution in [0.15, 0.2) is 18.2 Å². The number of fused-ring (bicyclic) bond motifs is 1. The second-order valence-electron chi connectivity index (χ2n) is 4.27. The van der Waals surface area contributed by atoms with Crippen LogP contribution in [-0.4, -0.2) is 23.8 Å². The fourth-order valence-electron chi connectivity index (χ4n) is 2.16. The number of nitrogens with one attached hydrogen (secondary N) is 1. The summed E-state index contributed by atoms with van der Waals surface area (Å²) in [6, 6.07) is 6.70. The van der Waals surface area contributed by atoms with Gasteiger partial charge in [-0.15, -0.1) is 0 Å². The lowest BCUT2D eigenvalue weighted by atomic mass is 10.1. The Morgan fingerprint density at radius 2 is 2.20 bits per heavy atom. The lowest BCUT2D eigenvalue weighted by molar-refractivity contribution is 0.241. The zero-order valence-corrected chi connectivity index (χ0v) is 9.59. The van der Waals surface area contributed by atoms with Crippen molar-refractivity contribution in [2.75, 3.05) is 6.61 Å². The molecule has 0 saturated heterocycles. The maximum atomic E-state index is 8.97. The summed E-state index contributed by atoms with van der Waals surface area (Å²) in [6.07, 6.45) is 2.05. The van der Waals surface area contributed by atoms with Gasteiger partial charge < -0.3 is 10.4 Å². The number of hydrogen-bond acceptors (Lipinski definition) is 2. The Morgan fingerprint density at radius 3 is 2.93 bits per heavy atom. The van der Waals surface area contributed by atoms with E-state index in [2.05, 4.69) is 11.4 Å². The minimum absolute atomic E-state index is 0.166. The predicted molar refractivity (Wildman–Crippen MR) is 62.3 cm³/mol. The van der Waals surface area contributed by atoms with E-state index >= 15 is 0 Å². The Hall–Kier alpha value is -0.570. The van der Waals surface area contributed by atoms with Crippen molar-refractivity contribution in [1.82, 2.24) is 5.32 Å². The summed E-state index contributed by atoms with van der Waals surface area (Å²) in [7, 11) is 0. The molecule has 3 heteroatoms. The van der Waals surface area contributed by atoms with Gasteiger partial charge >= 0.3 is 0 Å². The zero-order chi connectivity index (χ0) is 10.8. The van der Waals surface area contributed by atoms with Crippen LogP contribution in [0.5, 0.6) is 0 Å². The van der Waals surface area contributed by atoms with Crippen molar-refractivity contribution in [2.24, 2.45) is 0 Å². The summed E-state index contributed by atoms with van der Waals surface area (Å²) in [5.74, 6) is 0. The highest BCUT2D eigenvalue weighted by atomic mass is 35.5. The minimum Gasteiger partial charge on any atom is -0.395 e. The fraction of sp³-hybridized carbons (Fsp3) is 0.500. The van der Waals surface area contributed by atoms with Crippen molar-refractivity contribution >= 4 is 11.6 Å². The Labute approximate surface area is 95.3 Å². The number of halogens is 1. The van der Waals surface area contributed by atoms with Crippen LogP contribution in [0, 0.1) is 0 Å². The van der Waals surface area contributed by atoms with Crippen molar-refractivity contribution in [3.8, 4) is 0 Å². The van der Waals surface area contributed by atoms with Crippen LogP contribution in [0.3, 0.4) is 0 Å². The van der Waals surface area contributed by atoms with Crippen LogP contribution in [0.25, 0.3) is 0 Å². The van der Waals surface area contributed by atoms with Crippen LogP contribution in [0.1, 0.15) is 18.1 Å². The fourth-order valence-corrected chi connectivity index (χ4v) is 2.35. The SMILES string of the molecule is CC(CO)NC1Cc2ccc(Cl)cc2C1. The second kappa shape index (κ2) is 4.52. The molecule has 82 valence electrons. The standard InChI is InChI=1S/C12H16ClNO/c1-8(7-15)14-12-5-9-2-3-11(13)4-10(9)6-12/h2-4,8,12,14-15H,5-7H2,1H3. The molecule has 1 aromatic carbocycles. The normalized spacial score (nSPS) is 21.4. The van der Waals surface area contributed by atoms with Crippen molar-refractivity contribution in [1.29, 1.82) is 0 Å². The van der Waals surface area contributed by atoms with E-state index in [0.717, 1.165) is 17.9 Å². The number of aliphatic hydroxyl groups is 1. The van der Waals surface area contributed by atoms with E-state index in [0.29, 0.717) is 6.04 Å². The molecule has 0 bridgehead atoms. The molecule has 2 atom stereocenters. The zero-order valence-electron chi connectivity index (χ0n) is 8.83. The average Bonchev–Trinajstić information content (AvgIpc) is 2.59. The molecule has 0 radical (unpaired) electrons. The molecular weight excluding hydrogens is 210 g/mol. The predicted octanol–water partition coefficient (Wildman–Crippen LogP) is 1.78. The highest BCUT2D eigenvalue weighted by Gasteiger charge is 2.22. The highest BCUT2D eigenvalue weighted by molar-refractivity contribution is 6.30. The van der Waals surface area contributed by atoms with Gasteiger partial charge in [0.2, 0.25) is 0 Å². The molecule has 0 amide bonds. The third-order valence-electron chi connectivity index (χ3n) is 2.90. The van der Waals surface area contributed by atoms with Crippen molar-refractivity contribution in [3.63, 3.8) is 0 Å². The van der Waals surface area contributed by atoms with Crippen LogP contribution >= 0.6 is 11.6 Å². The van der Waals surface area contributed by atoms with E-state index in [1.165, 1.54) is 11.1 Å². The quantitative estimate of drug-likeness (QED) is 0.822. The van der Waals surface area contributed by atoms with Gasteiger partial charge in [-0.2, -0.15) is 0 Å². The summed E-state index contributed by atoms with van der Waals surface area (Å²) < 4.78 is 0. The van der Waals surface area contributed by atoms with Gasteiger partial charge in [0, 0.05) is 17.1 Å². The number of aliphatic hydroxyl groups excluding tert-OH is 1. The smallest absolute Gasteiger partial charge is 0.0582 e. The molecule has 0 saturated carbocycles. The summed E-state index contributed by atoms with van der Waals surface area (Å²) in [6.45, 7) is 2.18. The lowest BCUT2D eigenvalue weighted by Gasteiger charge is -2.16. The Kier molecular flexibility index (Phi) is 3.29. The largest absolute Gasteiger partial charge is 0.395 e. The maximum absolute atomic E-state index is 8.97. The first-order valence-electron chi connectivity index (χ1n) is 5.33. The second-order valence-corrected chi connectivity index (χ2v) is 4.70. The van der Waals surface area contributed by atoms with Gasteiger partial charge in [0.25, 0.3) is 0 Å². The monoisotopic (exact) mass is 225 g/mol. The third kappa shape index (κ3) is 2.51. The molecule has 0 aromatic heterocycles. The molecule has 1 aromatic rings. The maximum Gasteiger partial charge on any atom is 0.0582 e. The van der Waals surface area contributed by atoms with E-state index in [-0.39, 0.29) is 12.6 Å². The van der Waals surface area contributed by atoms with Gasteiger partial charge in [-0.3, -0.25) is 0 Å². The van der Waals surface area contributed by atoms with E-state index in [4.69, 9.17) is 16.7 Å². The van der Waals surface area contributed by atoms with Crippen molar-refractivity contribution in [2.45, 2.75) is 31.8 Å². The number of hydrogen-bond donors (Lipinski definition) is 2. The molecule has 0 heterocycles. The first-order valence-corrected chi connectivity index (χ1v) is 5.71. The first kappa shape index (κ1) is 10.9. The van der Waals surface area contributed by atoms with Gasteiger partial charge in [0.1, 0.15) is 0 Å². The van der Waals surface area contributed by atoms with E-state index in [9.17, 15) is 0 Å². The van der Waals surface area contributed by atoms with E-state index in [1.54, 1.807) is 0 Å². The van der Waals surface area contributed by atoms with Gasteiger partial charge in [0.05, 0.1) is 6.61 Å². The van der Waals surface area contributed by atoms with Crippen LogP contribution in [0.4, 0.5) is 0 Å². The molecule has 0 fully saturated rings. The van der Waals surface area contributed by atoms with Crippen molar-refractivity contribution in [3.05, 3.63) is 34.3 Å². The van der Waals surface area contributed by atoms with Gasteiger partial charge in [-0.1, -0.05) is 17.7 Å². The highest BCUT2D eigenvalue weighted by Crippen LogP contribution is 2.25. The molecule has 2 rings (SSSR count). The molecular formula is C12H16ClNO. The van der Waals surface area contributed by atoms with Crippen molar-refractivity contribution < 1.29 is 5.11 Å². The summed E-state index contributed by atoms with van der Waals surface area (Å²) >= 11 is 5.94. The Bertz CT molecular complexity index is 353. The molecule has 2 unspecified atom stereocenters. The average molecular weight is 226 g/mol. The molecule has 15 heavy (non-hydrogen) atoms. The van der Waals surface area contributed by atoms with Crippen LogP contribution < -0.4 is 5.32 Å². The minimum atomic E-state index is 0.166. The Balaban J connectivity index is 2.03. The topological polar surface area (TPSA) is 32.3 Å². The molecule has 2 N–H and O–H groups in total. The van der Waals surface area contributed by atoms with E-state index in [1.807, 2.05) is 19.1 Å². The molecule has 1 aliphatic carbocycles. The Morgan fingerprint density at radius 1 is 1.47 bits per heavy atom. The molecule has 1 aliphatic rings. The molecule has 0 spiro atoms.